The van der Waals surface area contributed by atoms with Gasteiger partial charge in [0.2, 0.25) is 11.7 Å². The van der Waals surface area contributed by atoms with E-state index in [4.69, 9.17) is 10.3 Å². The molecule has 0 saturated heterocycles. The van der Waals surface area contributed by atoms with Crippen LogP contribution >= 0.6 is 0 Å². The van der Waals surface area contributed by atoms with Crippen molar-refractivity contribution in [3.63, 3.8) is 0 Å². The highest BCUT2D eigenvalue weighted by Crippen LogP contribution is 2.19. The molecule has 2 heterocycles. The molecule has 2 N–H and O–H groups in total. The Morgan fingerprint density at radius 1 is 1.44 bits per heavy atom. The van der Waals surface area contributed by atoms with Gasteiger partial charge in [-0.25, -0.2) is 0 Å². The normalized spacial score (nSPS) is 12.6. The number of aromatic nitrogens is 3. The maximum absolute atomic E-state index is 5.96. The van der Waals surface area contributed by atoms with Crippen LogP contribution in [0.15, 0.2) is 23.0 Å². The monoisotopic (exact) mass is 246 g/mol. The molecule has 0 fully saturated rings. The lowest BCUT2D eigenvalue weighted by molar-refractivity contribution is 0.366. The number of aryl methyl sites for hydroxylation is 1. The number of pyridine rings is 1. The molecular formula is C13H18N4O. The van der Waals surface area contributed by atoms with Gasteiger partial charge in [0.15, 0.2) is 0 Å². The predicted octanol–water partition coefficient (Wildman–Crippen LogP) is 2.11. The summed E-state index contributed by atoms with van der Waals surface area (Å²) in [6.07, 6.45) is 6.16. The molecule has 0 aliphatic heterocycles. The van der Waals surface area contributed by atoms with Crippen LogP contribution < -0.4 is 5.73 Å². The van der Waals surface area contributed by atoms with Crippen molar-refractivity contribution >= 4 is 0 Å². The van der Waals surface area contributed by atoms with Crippen LogP contribution in [-0.4, -0.2) is 21.2 Å². The van der Waals surface area contributed by atoms with Crippen LogP contribution in [0.5, 0.6) is 0 Å². The molecule has 0 bridgehead atoms. The SMILES string of the molecule is CCCC(N)Cc1nc(-c2ccncc2C)no1. The Morgan fingerprint density at radius 3 is 3.00 bits per heavy atom. The summed E-state index contributed by atoms with van der Waals surface area (Å²) >= 11 is 0. The molecule has 1 atom stereocenters. The van der Waals surface area contributed by atoms with E-state index in [9.17, 15) is 0 Å². The highest BCUT2D eigenvalue weighted by molar-refractivity contribution is 5.57. The molecule has 2 aromatic rings. The van der Waals surface area contributed by atoms with Gasteiger partial charge in [0.1, 0.15) is 0 Å². The van der Waals surface area contributed by atoms with Crippen LogP contribution in [0.1, 0.15) is 31.2 Å². The summed E-state index contributed by atoms with van der Waals surface area (Å²) in [5.41, 5.74) is 7.93. The van der Waals surface area contributed by atoms with Crippen molar-refractivity contribution < 1.29 is 4.52 Å². The fourth-order valence-corrected chi connectivity index (χ4v) is 1.87. The zero-order chi connectivity index (χ0) is 13.0. The van der Waals surface area contributed by atoms with E-state index in [0.717, 1.165) is 24.0 Å². The Bertz CT molecular complexity index is 509. The third kappa shape index (κ3) is 2.92. The van der Waals surface area contributed by atoms with E-state index in [2.05, 4.69) is 22.0 Å². The van der Waals surface area contributed by atoms with Gasteiger partial charge in [0.05, 0.1) is 0 Å². The van der Waals surface area contributed by atoms with Crippen molar-refractivity contribution in [2.45, 2.75) is 39.2 Å². The first-order valence-electron chi connectivity index (χ1n) is 6.20. The van der Waals surface area contributed by atoms with E-state index < -0.39 is 0 Å². The van der Waals surface area contributed by atoms with Crippen molar-refractivity contribution in [2.75, 3.05) is 0 Å². The minimum Gasteiger partial charge on any atom is -0.339 e. The smallest absolute Gasteiger partial charge is 0.228 e. The third-order valence-corrected chi connectivity index (χ3v) is 2.83. The van der Waals surface area contributed by atoms with Gasteiger partial charge < -0.3 is 10.3 Å². The molecule has 18 heavy (non-hydrogen) atoms. The molecule has 0 aliphatic rings. The van der Waals surface area contributed by atoms with E-state index in [1.807, 2.05) is 13.0 Å². The fourth-order valence-electron chi connectivity index (χ4n) is 1.87. The van der Waals surface area contributed by atoms with Crippen molar-refractivity contribution in [3.8, 4) is 11.4 Å². The lowest BCUT2D eigenvalue weighted by Gasteiger charge is -2.05. The molecule has 0 radical (unpaired) electrons. The van der Waals surface area contributed by atoms with Gasteiger partial charge in [-0.2, -0.15) is 4.98 Å². The Morgan fingerprint density at radius 2 is 2.28 bits per heavy atom. The number of hydrogen-bond acceptors (Lipinski definition) is 5. The summed E-state index contributed by atoms with van der Waals surface area (Å²) in [5.74, 6) is 1.20. The third-order valence-electron chi connectivity index (χ3n) is 2.83. The summed E-state index contributed by atoms with van der Waals surface area (Å²) in [6, 6.07) is 1.97. The molecule has 96 valence electrons. The van der Waals surface area contributed by atoms with Crippen molar-refractivity contribution in [2.24, 2.45) is 5.73 Å². The molecule has 0 spiro atoms. The van der Waals surface area contributed by atoms with Gasteiger partial charge in [-0.05, 0) is 25.0 Å². The molecule has 2 aromatic heterocycles. The Kier molecular flexibility index (Phi) is 4.04. The largest absolute Gasteiger partial charge is 0.339 e. The predicted molar refractivity (Wildman–Crippen MR) is 68.9 cm³/mol. The first kappa shape index (κ1) is 12.7. The molecule has 1 unspecified atom stereocenters. The molecule has 5 nitrogen and oxygen atoms in total. The summed E-state index contributed by atoms with van der Waals surface area (Å²) in [4.78, 5) is 8.42. The maximum atomic E-state index is 5.96. The summed E-state index contributed by atoms with van der Waals surface area (Å²) in [5, 5.41) is 3.99. The van der Waals surface area contributed by atoms with Gasteiger partial charge in [-0.3, -0.25) is 4.98 Å². The minimum absolute atomic E-state index is 0.0850. The average Bonchev–Trinajstić information content (AvgIpc) is 2.78. The molecule has 2 rings (SSSR count). The molecule has 5 heteroatoms. The molecule has 0 saturated carbocycles. The zero-order valence-corrected chi connectivity index (χ0v) is 10.8. The van der Waals surface area contributed by atoms with Gasteiger partial charge in [-0.15, -0.1) is 0 Å². The lowest BCUT2D eigenvalue weighted by atomic mass is 10.1. The molecule has 0 aromatic carbocycles. The molecule has 0 aliphatic carbocycles. The highest BCUT2D eigenvalue weighted by Gasteiger charge is 2.13. The second-order valence-electron chi connectivity index (χ2n) is 4.46. The Balaban J connectivity index is 2.13. The Labute approximate surface area is 106 Å². The fraction of sp³-hybridized carbons (Fsp3) is 0.462. The van der Waals surface area contributed by atoms with E-state index >= 15 is 0 Å². The van der Waals surface area contributed by atoms with E-state index in [1.165, 1.54) is 0 Å². The number of rotatable bonds is 5. The van der Waals surface area contributed by atoms with Crippen LogP contribution in [0.2, 0.25) is 0 Å². The second-order valence-corrected chi connectivity index (χ2v) is 4.46. The first-order valence-corrected chi connectivity index (χ1v) is 6.20. The zero-order valence-electron chi connectivity index (χ0n) is 10.8. The van der Waals surface area contributed by atoms with Gasteiger partial charge in [-0.1, -0.05) is 18.5 Å². The first-order chi connectivity index (χ1) is 8.70. The van der Waals surface area contributed by atoms with E-state index in [0.29, 0.717) is 18.1 Å². The molecule has 0 amide bonds. The lowest BCUT2D eigenvalue weighted by Crippen LogP contribution is -2.22. The van der Waals surface area contributed by atoms with Crippen LogP contribution in [-0.2, 0) is 6.42 Å². The Hall–Kier alpha value is -1.75. The van der Waals surface area contributed by atoms with Crippen molar-refractivity contribution in [1.82, 2.24) is 15.1 Å². The van der Waals surface area contributed by atoms with Gasteiger partial charge >= 0.3 is 0 Å². The van der Waals surface area contributed by atoms with Gasteiger partial charge in [0, 0.05) is 30.4 Å². The van der Waals surface area contributed by atoms with Gasteiger partial charge in [0.25, 0.3) is 0 Å². The van der Waals surface area contributed by atoms with E-state index in [1.54, 1.807) is 12.4 Å². The van der Waals surface area contributed by atoms with Crippen LogP contribution in [0, 0.1) is 6.92 Å². The number of hydrogen-bond donors (Lipinski definition) is 1. The average molecular weight is 246 g/mol. The van der Waals surface area contributed by atoms with Crippen LogP contribution in [0.25, 0.3) is 11.4 Å². The van der Waals surface area contributed by atoms with Crippen LogP contribution in [0.3, 0.4) is 0 Å². The quantitative estimate of drug-likeness (QED) is 0.874. The minimum atomic E-state index is 0.0850. The van der Waals surface area contributed by atoms with Crippen LogP contribution in [0.4, 0.5) is 0 Å². The summed E-state index contributed by atoms with van der Waals surface area (Å²) in [6.45, 7) is 4.08. The molecular weight excluding hydrogens is 228 g/mol. The number of nitrogens with zero attached hydrogens (tertiary/aromatic N) is 3. The summed E-state index contributed by atoms with van der Waals surface area (Å²) in [7, 11) is 0. The van der Waals surface area contributed by atoms with Crippen molar-refractivity contribution in [3.05, 3.63) is 29.9 Å². The standard InChI is InChI=1S/C13H18N4O/c1-3-4-10(14)7-12-16-13(17-18-12)11-5-6-15-8-9(11)2/h5-6,8,10H,3-4,7,14H2,1-2H3. The topological polar surface area (TPSA) is 77.8 Å². The second kappa shape index (κ2) is 5.73. The highest BCUT2D eigenvalue weighted by atomic mass is 16.5. The van der Waals surface area contributed by atoms with E-state index in [-0.39, 0.29) is 6.04 Å². The van der Waals surface area contributed by atoms with Crippen molar-refractivity contribution in [1.29, 1.82) is 0 Å². The number of nitrogens with two attached hydrogens (primary N) is 1. The summed E-state index contributed by atoms with van der Waals surface area (Å²) < 4.78 is 5.23. The maximum Gasteiger partial charge on any atom is 0.228 e.